The van der Waals surface area contributed by atoms with Crippen LogP contribution in [0.1, 0.15) is 22.2 Å². The molecule has 1 heterocycles. The summed E-state index contributed by atoms with van der Waals surface area (Å²) in [6.07, 6.45) is 0. The first-order valence-electron chi connectivity index (χ1n) is 5.86. The van der Waals surface area contributed by atoms with Gasteiger partial charge in [0.2, 0.25) is 0 Å². The van der Waals surface area contributed by atoms with Gasteiger partial charge >= 0.3 is 5.97 Å². The van der Waals surface area contributed by atoms with Crippen molar-refractivity contribution in [1.82, 2.24) is 0 Å². The number of hydrogen-bond acceptors (Lipinski definition) is 4. The highest BCUT2D eigenvalue weighted by Gasteiger charge is 2.12. The lowest BCUT2D eigenvalue weighted by Gasteiger charge is -2.07. The van der Waals surface area contributed by atoms with Crippen molar-refractivity contribution in [3.63, 3.8) is 0 Å². The smallest absolute Gasteiger partial charge is 0.349 e. The summed E-state index contributed by atoms with van der Waals surface area (Å²) < 4.78 is 10.9. The van der Waals surface area contributed by atoms with Crippen LogP contribution >= 0.6 is 11.3 Å². The van der Waals surface area contributed by atoms with E-state index in [1.165, 1.54) is 0 Å². The third-order valence-corrected chi connectivity index (χ3v) is 3.34. The van der Waals surface area contributed by atoms with Gasteiger partial charge in [-0.1, -0.05) is 12.1 Å². The van der Waals surface area contributed by atoms with Crippen LogP contribution in [0.4, 0.5) is 0 Å². The standard InChI is InChI=1S/C14H14O4S/c1-2-17-11-5-3-10(4-6-11)9-18-12-7-8-19-13(12)14(15)16/h3-8H,2,9H2,1H3,(H,15,16). The van der Waals surface area contributed by atoms with Crippen LogP contribution in [0.3, 0.4) is 0 Å². The Balaban J connectivity index is 1.98. The molecule has 0 atom stereocenters. The first-order valence-corrected chi connectivity index (χ1v) is 6.74. The molecular formula is C14H14O4S. The van der Waals surface area contributed by atoms with Gasteiger partial charge in [-0.2, -0.15) is 0 Å². The van der Waals surface area contributed by atoms with E-state index in [0.717, 1.165) is 22.6 Å². The van der Waals surface area contributed by atoms with E-state index in [4.69, 9.17) is 14.6 Å². The Labute approximate surface area is 115 Å². The molecule has 0 aliphatic heterocycles. The summed E-state index contributed by atoms with van der Waals surface area (Å²) in [5.74, 6) is 0.260. The molecule has 100 valence electrons. The van der Waals surface area contributed by atoms with Crippen LogP contribution in [0, 0.1) is 0 Å². The van der Waals surface area contributed by atoms with E-state index in [9.17, 15) is 4.79 Å². The van der Waals surface area contributed by atoms with Crippen LogP contribution in [0.5, 0.6) is 11.5 Å². The highest BCUT2D eigenvalue weighted by atomic mass is 32.1. The summed E-state index contributed by atoms with van der Waals surface area (Å²) in [7, 11) is 0. The van der Waals surface area contributed by atoms with Gasteiger partial charge in [0.25, 0.3) is 0 Å². The zero-order valence-electron chi connectivity index (χ0n) is 10.5. The van der Waals surface area contributed by atoms with Crippen molar-refractivity contribution < 1.29 is 19.4 Å². The normalized spacial score (nSPS) is 10.2. The first kappa shape index (κ1) is 13.4. The molecular weight excluding hydrogens is 264 g/mol. The fraction of sp³-hybridized carbons (Fsp3) is 0.214. The van der Waals surface area contributed by atoms with E-state index in [2.05, 4.69) is 0 Å². The quantitative estimate of drug-likeness (QED) is 0.879. The molecule has 0 aliphatic carbocycles. The molecule has 0 saturated heterocycles. The van der Waals surface area contributed by atoms with Crippen molar-refractivity contribution in [2.75, 3.05) is 6.61 Å². The maximum absolute atomic E-state index is 10.9. The maximum Gasteiger partial charge on any atom is 0.349 e. The molecule has 0 aliphatic rings. The Morgan fingerprint density at radius 1 is 1.21 bits per heavy atom. The van der Waals surface area contributed by atoms with Crippen molar-refractivity contribution >= 4 is 17.3 Å². The lowest BCUT2D eigenvalue weighted by molar-refractivity contribution is 0.0697. The number of thiophene rings is 1. The second-order valence-electron chi connectivity index (χ2n) is 3.78. The minimum Gasteiger partial charge on any atom is -0.494 e. The Bertz CT molecular complexity index is 545. The number of carbonyl (C=O) groups is 1. The molecule has 1 N–H and O–H groups in total. The molecule has 0 saturated carbocycles. The number of hydrogen-bond donors (Lipinski definition) is 1. The van der Waals surface area contributed by atoms with E-state index < -0.39 is 5.97 Å². The van der Waals surface area contributed by atoms with Crippen LogP contribution in [-0.4, -0.2) is 17.7 Å². The first-order chi connectivity index (χ1) is 9.20. The zero-order chi connectivity index (χ0) is 13.7. The fourth-order valence-corrected chi connectivity index (χ4v) is 2.25. The predicted octanol–water partition coefficient (Wildman–Crippen LogP) is 3.42. The van der Waals surface area contributed by atoms with Crippen molar-refractivity contribution in [2.24, 2.45) is 0 Å². The van der Waals surface area contributed by atoms with Crippen LogP contribution in [0.2, 0.25) is 0 Å². The van der Waals surface area contributed by atoms with E-state index in [1.807, 2.05) is 31.2 Å². The molecule has 0 radical (unpaired) electrons. The SMILES string of the molecule is CCOc1ccc(COc2ccsc2C(=O)O)cc1. The number of ether oxygens (including phenoxy) is 2. The molecule has 1 aromatic carbocycles. The van der Waals surface area contributed by atoms with Crippen molar-refractivity contribution in [1.29, 1.82) is 0 Å². The van der Waals surface area contributed by atoms with Gasteiger partial charge in [0, 0.05) is 0 Å². The molecule has 0 unspecified atom stereocenters. The highest BCUT2D eigenvalue weighted by Crippen LogP contribution is 2.25. The fourth-order valence-electron chi connectivity index (χ4n) is 1.58. The van der Waals surface area contributed by atoms with Gasteiger partial charge in [-0.15, -0.1) is 11.3 Å². The summed E-state index contributed by atoms with van der Waals surface area (Å²) in [6.45, 7) is 2.90. The molecule has 19 heavy (non-hydrogen) atoms. The maximum atomic E-state index is 10.9. The molecule has 4 nitrogen and oxygen atoms in total. The van der Waals surface area contributed by atoms with E-state index in [1.54, 1.807) is 11.4 Å². The number of benzene rings is 1. The molecule has 0 bridgehead atoms. The Kier molecular flexibility index (Phi) is 4.41. The van der Waals surface area contributed by atoms with Crippen LogP contribution in [0.25, 0.3) is 0 Å². The molecule has 0 fully saturated rings. The van der Waals surface area contributed by atoms with Gasteiger partial charge in [-0.05, 0) is 36.1 Å². The average molecular weight is 278 g/mol. The van der Waals surface area contributed by atoms with Crippen molar-refractivity contribution in [3.05, 3.63) is 46.2 Å². The summed E-state index contributed by atoms with van der Waals surface area (Å²) in [6, 6.07) is 9.21. The van der Waals surface area contributed by atoms with Gasteiger partial charge in [0.15, 0.2) is 4.88 Å². The molecule has 0 amide bonds. The van der Waals surface area contributed by atoms with Gasteiger partial charge < -0.3 is 14.6 Å². The zero-order valence-corrected chi connectivity index (χ0v) is 11.3. The molecule has 5 heteroatoms. The van der Waals surface area contributed by atoms with Gasteiger partial charge in [0.05, 0.1) is 6.61 Å². The second-order valence-corrected chi connectivity index (χ2v) is 4.70. The van der Waals surface area contributed by atoms with E-state index in [0.29, 0.717) is 19.0 Å². The number of rotatable bonds is 6. The van der Waals surface area contributed by atoms with Crippen LogP contribution in [0.15, 0.2) is 35.7 Å². The average Bonchev–Trinajstić information content (AvgIpc) is 2.87. The second kappa shape index (κ2) is 6.24. The Morgan fingerprint density at radius 2 is 1.95 bits per heavy atom. The van der Waals surface area contributed by atoms with Crippen LogP contribution < -0.4 is 9.47 Å². The number of aromatic carboxylic acids is 1. The van der Waals surface area contributed by atoms with Gasteiger partial charge in [-0.3, -0.25) is 0 Å². The van der Waals surface area contributed by atoms with Gasteiger partial charge in [-0.25, -0.2) is 4.79 Å². The number of carboxylic acids is 1. The Morgan fingerprint density at radius 3 is 2.58 bits per heavy atom. The van der Waals surface area contributed by atoms with E-state index >= 15 is 0 Å². The third kappa shape index (κ3) is 3.48. The monoisotopic (exact) mass is 278 g/mol. The largest absolute Gasteiger partial charge is 0.494 e. The van der Waals surface area contributed by atoms with Crippen molar-refractivity contribution in [2.45, 2.75) is 13.5 Å². The number of carboxylic acid groups (broad SMARTS) is 1. The van der Waals surface area contributed by atoms with Crippen molar-refractivity contribution in [3.8, 4) is 11.5 Å². The lowest BCUT2D eigenvalue weighted by atomic mass is 10.2. The summed E-state index contributed by atoms with van der Waals surface area (Å²) in [5, 5.41) is 10.7. The molecule has 2 rings (SSSR count). The minimum absolute atomic E-state index is 0.228. The predicted molar refractivity (Wildman–Crippen MR) is 73.2 cm³/mol. The Hall–Kier alpha value is -2.01. The topological polar surface area (TPSA) is 55.8 Å². The minimum atomic E-state index is -0.961. The van der Waals surface area contributed by atoms with Crippen LogP contribution in [-0.2, 0) is 6.61 Å². The van der Waals surface area contributed by atoms with E-state index in [-0.39, 0.29) is 4.88 Å². The lowest BCUT2D eigenvalue weighted by Crippen LogP contribution is -2.00. The highest BCUT2D eigenvalue weighted by molar-refractivity contribution is 7.12. The summed E-state index contributed by atoms with van der Waals surface area (Å²) in [5.41, 5.74) is 0.964. The molecule has 1 aromatic heterocycles. The summed E-state index contributed by atoms with van der Waals surface area (Å²) in [4.78, 5) is 11.2. The third-order valence-electron chi connectivity index (χ3n) is 2.45. The summed E-state index contributed by atoms with van der Waals surface area (Å²) >= 11 is 1.16. The molecule has 2 aromatic rings. The molecule has 0 spiro atoms. The van der Waals surface area contributed by atoms with Gasteiger partial charge in [0.1, 0.15) is 18.1 Å².